The van der Waals surface area contributed by atoms with Crippen LogP contribution in [0.4, 0.5) is 5.82 Å². The second-order valence-corrected chi connectivity index (χ2v) is 3.98. The zero-order chi connectivity index (χ0) is 11.0. The van der Waals surface area contributed by atoms with E-state index >= 15 is 0 Å². The number of rotatable bonds is 1. The van der Waals surface area contributed by atoms with E-state index in [1.807, 2.05) is 0 Å². The number of fused-ring (bicyclic) bond motifs is 1. The van der Waals surface area contributed by atoms with Gasteiger partial charge in [-0.2, -0.15) is 0 Å². The number of aromatic nitrogens is 1. The molecule has 0 amide bonds. The molecule has 3 nitrogen and oxygen atoms in total. The van der Waals surface area contributed by atoms with E-state index < -0.39 is 0 Å². The third-order valence-corrected chi connectivity index (χ3v) is 2.55. The molecule has 0 spiro atoms. The maximum atomic E-state index is 9.47. The topological polar surface area (TPSA) is 59.1 Å². The number of pyridine rings is 1. The Balaban J connectivity index is 2.84. The highest BCUT2D eigenvalue weighted by Crippen LogP contribution is 2.30. The number of phenols is 1. The van der Waals surface area contributed by atoms with Gasteiger partial charge in [0.25, 0.3) is 0 Å². The van der Waals surface area contributed by atoms with Crippen molar-refractivity contribution in [3.8, 4) is 5.75 Å². The molecule has 0 fully saturated rings. The van der Waals surface area contributed by atoms with E-state index in [9.17, 15) is 5.11 Å². The molecule has 1 aromatic carbocycles. The summed E-state index contributed by atoms with van der Waals surface area (Å²) in [6, 6.07) is 5.17. The summed E-state index contributed by atoms with van der Waals surface area (Å²) >= 11 is 0. The summed E-state index contributed by atoms with van der Waals surface area (Å²) in [6.45, 7) is 4.19. The van der Waals surface area contributed by atoms with E-state index in [1.165, 1.54) is 0 Å². The van der Waals surface area contributed by atoms with Crippen LogP contribution >= 0.6 is 0 Å². The van der Waals surface area contributed by atoms with Gasteiger partial charge in [-0.25, -0.2) is 4.98 Å². The molecule has 0 aliphatic heterocycles. The molecule has 0 atom stereocenters. The molecule has 2 aromatic rings. The zero-order valence-corrected chi connectivity index (χ0v) is 8.86. The molecule has 0 bridgehead atoms. The van der Waals surface area contributed by atoms with Gasteiger partial charge in [-0.3, -0.25) is 0 Å². The van der Waals surface area contributed by atoms with Crippen LogP contribution in [0.15, 0.2) is 24.4 Å². The minimum absolute atomic E-state index is 0.259. The number of hydrogen-bond acceptors (Lipinski definition) is 3. The quantitative estimate of drug-likeness (QED) is 0.747. The fraction of sp³-hybridized carbons (Fsp3) is 0.250. The van der Waals surface area contributed by atoms with Crippen LogP contribution in [0, 0.1) is 0 Å². The summed E-state index contributed by atoms with van der Waals surface area (Å²) in [6.07, 6.45) is 1.78. The number of phenolic OH excluding ortho intramolecular Hbond substituents is 1. The van der Waals surface area contributed by atoms with E-state index in [1.54, 1.807) is 24.4 Å². The number of hydrogen-bond donors (Lipinski definition) is 2. The van der Waals surface area contributed by atoms with E-state index in [0.29, 0.717) is 11.7 Å². The smallest absolute Gasteiger partial charge is 0.131 e. The minimum Gasteiger partial charge on any atom is -0.508 e. The van der Waals surface area contributed by atoms with Gasteiger partial charge in [0.2, 0.25) is 0 Å². The van der Waals surface area contributed by atoms with Crippen molar-refractivity contribution in [2.45, 2.75) is 19.8 Å². The van der Waals surface area contributed by atoms with E-state index in [4.69, 9.17) is 5.73 Å². The van der Waals surface area contributed by atoms with Crippen LogP contribution < -0.4 is 5.73 Å². The lowest BCUT2D eigenvalue weighted by Gasteiger charge is -2.10. The molecule has 1 aromatic heterocycles. The first-order chi connectivity index (χ1) is 7.09. The van der Waals surface area contributed by atoms with Gasteiger partial charge in [0.1, 0.15) is 11.6 Å². The summed E-state index contributed by atoms with van der Waals surface area (Å²) in [5.41, 5.74) is 6.89. The van der Waals surface area contributed by atoms with Gasteiger partial charge < -0.3 is 10.8 Å². The third kappa shape index (κ3) is 1.61. The Morgan fingerprint density at radius 2 is 2.00 bits per heavy atom. The number of nitrogens with zero attached hydrogens (tertiary/aromatic N) is 1. The monoisotopic (exact) mass is 202 g/mol. The average molecular weight is 202 g/mol. The van der Waals surface area contributed by atoms with Crippen LogP contribution in [0.3, 0.4) is 0 Å². The zero-order valence-electron chi connectivity index (χ0n) is 8.86. The maximum Gasteiger partial charge on any atom is 0.131 e. The van der Waals surface area contributed by atoms with Gasteiger partial charge in [-0.1, -0.05) is 13.8 Å². The fourth-order valence-corrected chi connectivity index (χ4v) is 1.73. The van der Waals surface area contributed by atoms with Gasteiger partial charge in [-0.05, 0) is 35.1 Å². The van der Waals surface area contributed by atoms with Crippen LogP contribution in [0.1, 0.15) is 25.3 Å². The lowest BCUT2D eigenvalue weighted by molar-refractivity contribution is 0.476. The largest absolute Gasteiger partial charge is 0.508 e. The number of aromatic hydroxyl groups is 1. The Morgan fingerprint density at radius 1 is 1.27 bits per heavy atom. The molecular weight excluding hydrogens is 188 g/mol. The summed E-state index contributed by atoms with van der Waals surface area (Å²) in [5, 5.41) is 11.4. The first kappa shape index (κ1) is 9.77. The van der Waals surface area contributed by atoms with Crippen molar-refractivity contribution in [2.24, 2.45) is 0 Å². The molecule has 3 N–H and O–H groups in total. The van der Waals surface area contributed by atoms with Crippen LogP contribution in [-0.4, -0.2) is 10.1 Å². The summed E-state index contributed by atoms with van der Waals surface area (Å²) in [5.74, 6) is 1.13. The summed E-state index contributed by atoms with van der Waals surface area (Å²) < 4.78 is 0. The Bertz CT molecular complexity index is 506. The second-order valence-electron chi connectivity index (χ2n) is 3.98. The van der Waals surface area contributed by atoms with Gasteiger partial charge in [0, 0.05) is 11.6 Å². The molecule has 0 aliphatic carbocycles. The molecule has 0 saturated heterocycles. The number of anilines is 1. The number of nitrogen functional groups attached to an aromatic ring is 1. The van der Waals surface area contributed by atoms with Gasteiger partial charge in [-0.15, -0.1) is 0 Å². The highest BCUT2D eigenvalue weighted by molar-refractivity contribution is 5.94. The number of benzene rings is 1. The Kier molecular flexibility index (Phi) is 2.23. The van der Waals surface area contributed by atoms with Crippen LogP contribution in [-0.2, 0) is 0 Å². The van der Waals surface area contributed by atoms with E-state index in [2.05, 4.69) is 18.8 Å². The molecule has 15 heavy (non-hydrogen) atoms. The SMILES string of the molecule is CC(C)c1cnc(N)c2ccc(O)cc12. The van der Waals surface area contributed by atoms with Crippen LogP contribution in [0.2, 0.25) is 0 Å². The minimum atomic E-state index is 0.259. The van der Waals surface area contributed by atoms with Crippen molar-refractivity contribution >= 4 is 16.6 Å². The number of nitrogens with two attached hydrogens (primary N) is 1. The van der Waals surface area contributed by atoms with E-state index in [-0.39, 0.29) is 5.75 Å². The first-order valence-corrected chi connectivity index (χ1v) is 4.96. The van der Waals surface area contributed by atoms with Crippen LogP contribution in [0.5, 0.6) is 5.75 Å². The molecule has 3 heteroatoms. The lowest BCUT2D eigenvalue weighted by Crippen LogP contribution is -1.96. The van der Waals surface area contributed by atoms with Crippen molar-refractivity contribution in [1.82, 2.24) is 4.98 Å². The lowest BCUT2D eigenvalue weighted by atomic mass is 9.98. The predicted octanol–water partition coefficient (Wildman–Crippen LogP) is 2.65. The molecule has 0 unspecified atom stereocenters. The van der Waals surface area contributed by atoms with Crippen molar-refractivity contribution in [1.29, 1.82) is 0 Å². The Hall–Kier alpha value is -1.77. The second kappa shape index (κ2) is 3.42. The van der Waals surface area contributed by atoms with Gasteiger partial charge >= 0.3 is 0 Å². The summed E-state index contributed by atoms with van der Waals surface area (Å²) in [4.78, 5) is 4.15. The molecule has 2 rings (SSSR count). The van der Waals surface area contributed by atoms with Crippen molar-refractivity contribution in [3.63, 3.8) is 0 Å². The molecular formula is C12H14N2O. The Labute approximate surface area is 88.6 Å². The predicted molar refractivity (Wildman–Crippen MR) is 61.9 cm³/mol. The molecule has 0 radical (unpaired) electrons. The van der Waals surface area contributed by atoms with Crippen molar-refractivity contribution in [2.75, 3.05) is 5.73 Å². The first-order valence-electron chi connectivity index (χ1n) is 4.96. The van der Waals surface area contributed by atoms with Gasteiger partial charge in [0.05, 0.1) is 0 Å². The molecule has 0 saturated carbocycles. The normalized spacial score (nSPS) is 11.1. The fourth-order valence-electron chi connectivity index (χ4n) is 1.73. The van der Waals surface area contributed by atoms with Crippen LogP contribution in [0.25, 0.3) is 10.8 Å². The standard InChI is InChI=1S/C12H14N2O/c1-7(2)11-6-14-12(13)9-4-3-8(15)5-10(9)11/h3-7,15H,1-2H3,(H2,13,14). The average Bonchev–Trinajstić information content (AvgIpc) is 2.17. The van der Waals surface area contributed by atoms with Crippen molar-refractivity contribution in [3.05, 3.63) is 30.0 Å². The van der Waals surface area contributed by atoms with Gasteiger partial charge in [0.15, 0.2) is 0 Å². The third-order valence-electron chi connectivity index (χ3n) is 2.55. The molecule has 78 valence electrons. The van der Waals surface area contributed by atoms with E-state index in [0.717, 1.165) is 16.3 Å². The maximum absolute atomic E-state index is 9.47. The molecule has 0 aliphatic rings. The summed E-state index contributed by atoms with van der Waals surface area (Å²) in [7, 11) is 0. The Morgan fingerprint density at radius 3 is 2.67 bits per heavy atom. The highest BCUT2D eigenvalue weighted by Gasteiger charge is 2.08. The van der Waals surface area contributed by atoms with Crippen molar-refractivity contribution < 1.29 is 5.11 Å². The molecule has 1 heterocycles. The highest BCUT2D eigenvalue weighted by atomic mass is 16.3.